The number of carbonyl (C=O) groups is 1. The number of rotatable bonds is 4. The van der Waals surface area contributed by atoms with Crippen molar-refractivity contribution in [1.29, 1.82) is 0 Å². The molecular weight excluding hydrogens is 376 g/mol. The summed E-state index contributed by atoms with van der Waals surface area (Å²) < 4.78 is 53.8. The van der Waals surface area contributed by atoms with E-state index >= 15 is 0 Å². The van der Waals surface area contributed by atoms with Gasteiger partial charge < -0.3 is 5.73 Å². The van der Waals surface area contributed by atoms with Crippen LogP contribution in [-0.4, -0.2) is 20.7 Å². The highest BCUT2D eigenvalue weighted by molar-refractivity contribution is 5.93. The third-order valence-electron chi connectivity index (χ3n) is 4.21. The molecule has 0 radical (unpaired) electrons. The number of nitrogens with two attached hydrogens (primary N) is 1. The maximum Gasteiger partial charge on any atom is 0.416 e. The predicted molar refractivity (Wildman–Crippen MR) is 93.6 cm³/mol. The zero-order valence-corrected chi connectivity index (χ0v) is 15.0. The van der Waals surface area contributed by atoms with Gasteiger partial charge in [-0.25, -0.2) is 9.07 Å². The van der Waals surface area contributed by atoms with Crippen LogP contribution in [0.1, 0.15) is 38.4 Å². The van der Waals surface area contributed by atoms with Gasteiger partial charge in [0.15, 0.2) is 0 Å². The van der Waals surface area contributed by atoms with Crippen LogP contribution in [0, 0.1) is 19.7 Å². The number of benzene rings is 1. The van der Waals surface area contributed by atoms with E-state index in [9.17, 15) is 22.4 Å². The third kappa shape index (κ3) is 4.03. The number of alkyl halides is 3. The monoisotopic (exact) mass is 392 g/mol. The fraction of sp³-hybridized carbons (Fsp3) is 0.211. The minimum atomic E-state index is -4.64. The minimum Gasteiger partial charge on any atom is -0.365 e. The number of nitrogens with zero attached hydrogens (tertiary/aromatic N) is 3. The van der Waals surface area contributed by atoms with Crippen molar-refractivity contribution in [3.05, 3.63) is 76.1 Å². The molecule has 2 heterocycles. The van der Waals surface area contributed by atoms with Crippen LogP contribution in [0.5, 0.6) is 0 Å². The average Bonchev–Trinajstić information content (AvgIpc) is 2.97. The van der Waals surface area contributed by atoms with Crippen molar-refractivity contribution >= 4 is 5.91 Å². The molecule has 0 saturated carbocycles. The summed E-state index contributed by atoms with van der Waals surface area (Å²) in [6, 6.07) is 4.02. The lowest BCUT2D eigenvalue weighted by atomic mass is 10.0. The van der Waals surface area contributed by atoms with Crippen molar-refractivity contribution in [1.82, 2.24) is 14.8 Å². The van der Waals surface area contributed by atoms with Crippen LogP contribution in [0.4, 0.5) is 17.6 Å². The van der Waals surface area contributed by atoms with Crippen molar-refractivity contribution in [2.45, 2.75) is 26.4 Å². The molecule has 28 heavy (non-hydrogen) atoms. The molecule has 146 valence electrons. The SMILES string of the molecule is Cc1cnc(Cc2cc(F)cc(C(F)(F)F)c2)cc1-n1cc(C(N)=O)c(C)n1. The Bertz CT molecular complexity index is 1060. The van der Waals surface area contributed by atoms with Crippen LogP contribution in [0.3, 0.4) is 0 Å². The Kier molecular flexibility index (Phi) is 4.93. The topological polar surface area (TPSA) is 73.8 Å². The molecule has 0 atom stereocenters. The Morgan fingerprint density at radius 1 is 1.18 bits per heavy atom. The molecule has 0 spiro atoms. The van der Waals surface area contributed by atoms with Crippen molar-refractivity contribution in [2.24, 2.45) is 5.73 Å². The number of primary amides is 1. The lowest BCUT2D eigenvalue weighted by Crippen LogP contribution is -2.11. The van der Waals surface area contributed by atoms with E-state index in [1.807, 2.05) is 0 Å². The molecule has 9 heteroatoms. The number of halogens is 4. The molecule has 0 fully saturated rings. The van der Waals surface area contributed by atoms with Gasteiger partial charge in [-0.15, -0.1) is 0 Å². The van der Waals surface area contributed by atoms with Crippen molar-refractivity contribution in [3.63, 3.8) is 0 Å². The molecule has 0 aliphatic carbocycles. The predicted octanol–water partition coefficient (Wildman–Crippen LogP) is 3.73. The van der Waals surface area contributed by atoms with E-state index in [0.29, 0.717) is 23.1 Å². The summed E-state index contributed by atoms with van der Waals surface area (Å²) in [5, 5.41) is 4.25. The molecule has 0 bridgehead atoms. The minimum absolute atomic E-state index is 0.00293. The average molecular weight is 392 g/mol. The summed E-state index contributed by atoms with van der Waals surface area (Å²) in [6.45, 7) is 3.41. The van der Waals surface area contributed by atoms with Crippen LogP contribution in [0.25, 0.3) is 5.69 Å². The van der Waals surface area contributed by atoms with Crippen LogP contribution in [0.2, 0.25) is 0 Å². The molecule has 1 aromatic carbocycles. The smallest absolute Gasteiger partial charge is 0.365 e. The number of pyridine rings is 1. The fourth-order valence-corrected chi connectivity index (χ4v) is 2.85. The summed E-state index contributed by atoms with van der Waals surface area (Å²) in [5.74, 6) is -1.58. The van der Waals surface area contributed by atoms with E-state index in [4.69, 9.17) is 5.73 Å². The number of hydrogen-bond donors (Lipinski definition) is 1. The van der Waals surface area contributed by atoms with E-state index in [1.54, 1.807) is 19.9 Å². The van der Waals surface area contributed by atoms with Crippen LogP contribution >= 0.6 is 0 Å². The second-order valence-corrected chi connectivity index (χ2v) is 6.42. The van der Waals surface area contributed by atoms with Crippen LogP contribution < -0.4 is 5.73 Å². The van der Waals surface area contributed by atoms with E-state index in [1.165, 1.54) is 17.1 Å². The quantitative estimate of drug-likeness (QED) is 0.688. The standard InChI is InChI=1S/C19H16F4N4O/c1-10-8-25-15(5-12-3-13(19(21,22)23)6-14(20)4-12)7-17(10)27-9-16(18(24)28)11(2)26-27/h3-4,6-9H,5H2,1-2H3,(H2,24,28). The fourth-order valence-electron chi connectivity index (χ4n) is 2.85. The van der Waals surface area contributed by atoms with Gasteiger partial charge in [-0.1, -0.05) is 0 Å². The van der Waals surface area contributed by atoms with Gasteiger partial charge in [0, 0.05) is 24.5 Å². The lowest BCUT2D eigenvalue weighted by Gasteiger charge is -2.11. The van der Waals surface area contributed by atoms with Gasteiger partial charge in [-0.05, 0) is 49.2 Å². The van der Waals surface area contributed by atoms with E-state index in [0.717, 1.165) is 17.7 Å². The Morgan fingerprint density at radius 3 is 2.50 bits per heavy atom. The second-order valence-electron chi connectivity index (χ2n) is 6.42. The zero-order chi connectivity index (χ0) is 20.6. The Balaban J connectivity index is 1.98. The molecule has 2 aromatic heterocycles. The molecule has 2 N–H and O–H groups in total. The van der Waals surface area contributed by atoms with E-state index in [2.05, 4.69) is 10.1 Å². The summed E-state index contributed by atoms with van der Waals surface area (Å²) >= 11 is 0. The molecule has 3 aromatic rings. The molecule has 1 amide bonds. The number of aromatic nitrogens is 3. The molecule has 5 nitrogen and oxygen atoms in total. The van der Waals surface area contributed by atoms with Crippen LogP contribution in [0.15, 0.2) is 36.7 Å². The number of aryl methyl sites for hydroxylation is 2. The van der Waals surface area contributed by atoms with Gasteiger partial charge in [0.2, 0.25) is 0 Å². The second kappa shape index (κ2) is 7.06. The van der Waals surface area contributed by atoms with E-state index < -0.39 is 23.5 Å². The first kappa shape index (κ1) is 19.5. The first-order valence-electron chi connectivity index (χ1n) is 8.23. The van der Waals surface area contributed by atoms with Gasteiger partial charge in [-0.2, -0.15) is 18.3 Å². The maximum atomic E-state index is 13.6. The molecule has 0 aliphatic heterocycles. The summed E-state index contributed by atoms with van der Waals surface area (Å²) in [5.41, 5.74) is 6.86. The Labute approximate surface area is 157 Å². The maximum absolute atomic E-state index is 13.6. The molecule has 3 rings (SSSR count). The zero-order valence-electron chi connectivity index (χ0n) is 15.0. The first-order chi connectivity index (χ1) is 13.0. The van der Waals surface area contributed by atoms with Crippen molar-refractivity contribution in [2.75, 3.05) is 0 Å². The first-order valence-corrected chi connectivity index (χ1v) is 8.23. The largest absolute Gasteiger partial charge is 0.416 e. The highest BCUT2D eigenvalue weighted by Gasteiger charge is 2.31. The lowest BCUT2D eigenvalue weighted by molar-refractivity contribution is -0.137. The van der Waals surface area contributed by atoms with Gasteiger partial charge in [-0.3, -0.25) is 9.78 Å². The molecule has 0 aliphatic rings. The summed E-state index contributed by atoms with van der Waals surface area (Å²) in [6.07, 6.45) is -1.62. The van der Waals surface area contributed by atoms with Gasteiger partial charge in [0.05, 0.1) is 22.5 Å². The van der Waals surface area contributed by atoms with Crippen molar-refractivity contribution < 1.29 is 22.4 Å². The molecule has 0 saturated heterocycles. The third-order valence-corrected chi connectivity index (χ3v) is 4.21. The summed E-state index contributed by atoms with van der Waals surface area (Å²) in [4.78, 5) is 15.6. The van der Waals surface area contributed by atoms with Gasteiger partial charge in [0.1, 0.15) is 5.82 Å². The number of hydrogen-bond acceptors (Lipinski definition) is 3. The van der Waals surface area contributed by atoms with Crippen molar-refractivity contribution in [3.8, 4) is 5.69 Å². The number of amides is 1. The highest BCUT2D eigenvalue weighted by Crippen LogP contribution is 2.31. The van der Waals surface area contributed by atoms with Gasteiger partial charge >= 0.3 is 6.18 Å². The molecule has 0 unspecified atom stereocenters. The Hall–Kier alpha value is -3.23. The summed E-state index contributed by atoms with van der Waals surface area (Å²) in [7, 11) is 0. The van der Waals surface area contributed by atoms with Crippen LogP contribution in [-0.2, 0) is 12.6 Å². The van der Waals surface area contributed by atoms with Gasteiger partial charge in [0.25, 0.3) is 5.91 Å². The van der Waals surface area contributed by atoms with E-state index in [-0.39, 0.29) is 17.5 Å². The normalized spacial score (nSPS) is 11.6. The molecular formula is C19H16F4N4O. The highest BCUT2D eigenvalue weighted by atomic mass is 19.4. The Morgan fingerprint density at radius 2 is 1.89 bits per heavy atom. The number of carbonyl (C=O) groups excluding carboxylic acids is 1.